The van der Waals surface area contributed by atoms with Crippen molar-refractivity contribution in [1.29, 1.82) is 0 Å². The van der Waals surface area contributed by atoms with E-state index >= 15 is 0 Å². The highest BCUT2D eigenvalue weighted by Crippen LogP contribution is 2.49. The molecule has 4 nitrogen and oxygen atoms in total. The molecule has 0 unspecified atom stereocenters. The summed E-state index contributed by atoms with van der Waals surface area (Å²) >= 11 is 0. The lowest BCUT2D eigenvalue weighted by molar-refractivity contribution is -0.135. The molecule has 0 radical (unpaired) electrons. The van der Waals surface area contributed by atoms with Gasteiger partial charge in [-0.05, 0) is 99.3 Å². The fraction of sp³-hybridized carbons (Fsp3) is 0.708. The quantitative estimate of drug-likeness (QED) is 0.240. The largest absolute Gasteiger partial charge is 0.508 e. The number of ether oxygens (including phenoxy) is 1. The molecule has 0 amide bonds. The predicted octanol–water partition coefficient (Wildman–Crippen LogP) is 5.81. The van der Waals surface area contributed by atoms with Crippen LogP contribution >= 0.6 is 0 Å². The summed E-state index contributed by atoms with van der Waals surface area (Å²) in [5.74, 6) is 0.625. The minimum atomic E-state index is -0.166. The summed E-state index contributed by atoms with van der Waals surface area (Å²) in [7, 11) is 0. The van der Waals surface area contributed by atoms with Crippen molar-refractivity contribution in [2.24, 2.45) is 5.41 Å². The Morgan fingerprint density at radius 3 is 1.86 bits per heavy atom. The van der Waals surface area contributed by atoms with Gasteiger partial charge in [-0.15, -0.1) is 0 Å². The Labute approximate surface area is 169 Å². The molecule has 0 heterocycles. The molecule has 0 atom stereocenters. The number of carbonyl (C=O) groups excluding carboxylic acids is 1. The second-order valence-electron chi connectivity index (χ2n) is 9.44. The third-order valence-electron chi connectivity index (χ3n) is 6.79. The summed E-state index contributed by atoms with van der Waals surface area (Å²) < 4.78 is 5.17. The fourth-order valence-corrected chi connectivity index (χ4v) is 4.18. The van der Waals surface area contributed by atoms with Gasteiger partial charge >= 0.3 is 0 Å². The molecular weight excluding hydrogens is 352 g/mol. The predicted molar refractivity (Wildman–Crippen MR) is 111 cm³/mol. The molecule has 1 aromatic carbocycles. The number of benzene rings is 1. The number of rotatable bonds is 14. The van der Waals surface area contributed by atoms with Crippen molar-refractivity contribution in [2.75, 3.05) is 0 Å². The molecule has 2 saturated carbocycles. The first-order chi connectivity index (χ1) is 13.5. The zero-order chi connectivity index (χ0) is 20.0. The first kappa shape index (κ1) is 21.0. The molecule has 0 spiro atoms. The number of phenolic OH excluding ortho intramolecular Hbond substituents is 2. The maximum atomic E-state index is 10.5. The van der Waals surface area contributed by atoms with E-state index in [0.29, 0.717) is 23.4 Å². The summed E-state index contributed by atoms with van der Waals surface area (Å²) in [4.78, 5) is 10.5. The number of carbonyl (C=O) groups is 1. The Kier molecular flexibility index (Phi) is 6.90. The summed E-state index contributed by atoms with van der Waals surface area (Å²) in [6.45, 7) is 2.95. The lowest BCUT2D eigenvalue weighted by Gasteiger charge is -2.13. The summed E-state index contributed by atoms with van der Waals surface area (Å²) in [6.07, 6.45) is 15.1. The highest BCUT2D eigenvalue weighted by Gasteiger charge is 2.44. The Morgan fingerprint density at radius 2 is 1.39 bits per heavy atom. The fourth-order valence-electron chi connectivity index (χ4n) is 4.18. The topological polar surface area (TPSA) is 66.8 Å². The Bertz CT molecular complexity index is 659. The standard InChI is InChI=1S/C24H36O4/c1-23(12-13-23)10-6-2-4-8-19-16-22(27)20(17-21(19)26)9-5-3-7-11-24(14-15-24)28-18-25/h16-18,26-27H,2-15H2,1H3. The van der Waals surface area contributed by atoms with Gasteiger partial charge in [0, 0.05) is 0 Å². The number of phenols is 2. The molecule has 4 heteroatoms. The number of aryl methyl sites for hydroxylation is 2. The first-order valence-corrected chi connectivity index (χ1v) is 11.1. The van der Waals surface area contributed by atoms with Gasteiger partial charge in [0.15, 0.2) is 0 Å². The first-order valence-electron chi connectivity index (χ1n) is 11.1. The average molecular weight is 389 g/mol. The summed E-state index contributed by atoms with van der Waals surface area (Å²) in [5.41, 5.74) is 2.15. The van der Waals surface area contributed by atoms with E-state index in [0.717, 1.165) is 68.9 Å². The molecule has 0 aromatic heterocycles. The molecule has 0 aliphatic heterocycles. The zero-order valence-corrected chi connectivity index (χ0v) is 17.3. The van der Waals surface area contributed by atoms with Crippen LogP contribution in [0.5, 0.6) is 11.5 Å². The molecule has 0 saturated heterocycles. The minimum absolute atomic E-state index is 0.166. The van der Waals surface area contributed by atoms with Gasteiger partial charge in [0.1, 0.15) is 17.1 Å². The van der Waals surface area contributed by atoms with E-state index in [-0.39, 0.29) is 5.60 Å². The summed E-state index contributed by atoms with van der Waals surface area (Å²) in [5, 5.41) is 20.7. The van der Waals surface area contributed by atoms with Crippen molar-refractivity contribution in [3.8, 4) is 11.5 Å². The third-order valence-corrected chi connectivity index (χ3v) is 6.79. The van der Waals surface area contributed by atoms with Gasteiger partial charge in [0.2, 0.25) is 0 Å². The molecule has 2 N–H and O–H groups in total. The molecule has 2 fully saturated rings. The number of aromatic hydroxyl groups is 2. The van der Waals surface area contributed by atoms with Gasteiger partial charge in [-0.25, -0.2) is 0 Å². The monoisotopic (exact) mass is 388 g/mol. The van der Waals surface area contributed by atoms with Crippen molar-refractivity contribution in [3.05, 3.63) is 23.3 Å². The smallest absolute Gasteiger partial charge is 0.293 e. The van der Waals surface area contributed by atoms with Gasteiger partial charge in [-0.1, -0.05) is 26.2 Å². The van der Waals surface area contributed by atoms with Crippen molar-refractivity contribution in [3.63, 3.8) is 0 Å². The van der Waals surface area contributed by atoms with Crippen molar-refractivity contribution in [2.45, 2.75) is 102 Å². The van der Waals surface area contributed by atoms with Gasteiger partial charge in [-0.3, -0.25) is 4.79 Å². The molecule has 2 aliphatic rings. The average Bonchev–Trinajstić information content (AvgIpc) is 3.58. The lowest BCUT2D eigenvalue weighted by atomic mass is 9.97. The van der Waals surface area contributed by atoms with E-state index in [9.17, 15) is 15.0 Å². The van der Waals surface area contributed by atoms with Crippen LogP contribution in [0.4, 0.5) is 0 Å². The molecule has 0 bridgehead atoms. The van der Waals surface area contributed by atoms with E-state index in [1.54, 1.807) is 12.1 Å². The lowest BCUT2D eigenvalue weighted by Crippen LogP contribution is -2.12. The van der Waals surface area contributed by atoms with Crippen LogP contribution in [-0.2, 0) is 22.4 Å². The summed E-state index contributed by atoms with van der Waals surface area (Å²) in [6, 6.07) is 3.50. The van der Waals surface area contributed by atoms with Crippen LogP contribution in [0.15, 0.2) is 12.1 Å². The van der Waals surface area contributed by atoms with E-state index < -0.39 is 0 Å². The van der Waals surface area contributed by atoms with E-state index in [2.05, 4.69) is 6.92 Å². The molecule has 28 heavy (non-hydrogen) atoms. The van der Waals surface area contributed by atoms with Gasteiger partial charge in [0.05, 0.1) is 0 Å². The maximum absolute atomic E-state index is 10.5. The van der Waals surface area contributed by atoms with Crippen LogP contribution in [0.2, 0.25) is 0 Å². The number of unbranched alkanes of at least 4 members (excludes halogenated alkanes) is 4. The number of hydrogen-bond donors (Lipinski definition) is 2. The van der Waals surface area contributed by atoms with Crippen LogP contribution in [0.1, 0.15) is 95.1 Å². The molecule has 3 rings (SSSR count). The SMILES string of the molecule is CC1(CCCCCc2cc(O)c(CCCCCC3(OC=O)CC3)cc2O)CC1. The maximum Gasteiger partial charge on any atom is 0.293 e. The van der Waals surface area contributed by atoms with Crippen molar-refractivity contribution < 1.29 is 19.7 Å². The van der Waals surface area contributed by atoms with E-state index in [1.165, 1.54) is 32.1 Å². The zero-order valence-electron chi connectivity index (χ0n) is 17.3. The van der Waals surface area contributed by atoms with Crippen molar-refractivity contribution >= 4 is 6.47 Å². The van der Waals surface area contributed by atoms with Crippen LogP contribution < -0.4 is 0 Å². The Morgan fingerprint density at radius 1 is 0.857 bits per heavy atom. The van der Waals surface area contributed by atoms with E-state index in [4.69, 9.17) is 4.74 Å². The van der Waals surface area contributed by atoms with Crippen LogP contribution in [0.3, 0.4) is 0 Å². The second-order valence-corrected chi connectivity index (χ2v) is 9.44. The highest BCUT2D eigenvalue weighted by molar-refractivity contribution is 5.45. The minimum Gasteiger partial charge on any atom is -0.508 e. The molecule has 2 aliphatic carbocycles. The third kappa shape index (κ3) is 6.15. The Hall–Kier alpha value is -1.71. The van der Waals surface area contributed by atoms with Crippen molar-refractivity contribution in [1.82, 2.24) is 0 Å². The van der Waals surface area contributed by atoms with Crippen LogP contribution in [-0.4, -0.2) is 22.3 Å². The number of hydrogen-bond acceptors (Lipinski definition) is 4. The molecule has 1 aromatic rings. The van der Waals surface area contributed by atoms with Gasteiger partial charge in [0.25, 0.3) is 6.47 Å². The van der Waals surface area contributed by atoms with Crippen LogP contribution in [0, 0.1) is 5.41 Å². The normalized spacial score (nSPS) is 18.6. The second kappa shape index (κ2) is 9.19. The Balaban J connectivity index is 1.34. The highest BCUT2D eigenvalue weighted by atomic mass is 16.5. The van der Waals surface area contributed by atoms with Crippen LogP contribution in [0.25, 0.3) is 0 Å². The van der Waals surface area contributed by atoms with Gasteiger partial charge < -0.3 is 14.9 Å². The molecule has 156 valence electrons. The van der Waals surface area contributed by atoms with Gasteiger partial charge in [-0.2, -0.15) is 0 Å². The van der Waals surface area contributed by atoms with E-state index in [1.807, 2.05) is 0 Å². The molecular formula is C24H36O4.